The lowest BCUT2D eigenvalue weighted by molar-refractivity contribution is 0.162. The largest absolute Gasteiger partial charge is 0.368 e. The molecule has 2 amide bonds. The highest BCUT2D eigenvalue weighted by molar-refractivity contribution is 7.17. The van der Waals surface area contributed by atoms with Crippen LogP contribution >= 0.6 is 11.3 Å². The SMILES string of the molecule is CN(C)C(=O)NC1(C)CCC(CCN2CCN(c3cccc4sccc34)CC2)CC1. The van der Waals surface area contributed by atoms with Crippen LogP contribution < -0.4 is 10.2 Å². The molecule has 5 nitrogen and oxygen atoms in total. The van der Waals surface area contributed by atoms with E-state index in [0.717, 1.165) is 44.9 Å². The van der Waals surface area contributed by atoms with Gasteiger partial charge in [0.1, 0.15) is 0 Å². The van der Waals surface area contributed by atoms with Crippen LogP contribution in [-0.2, 0) is 0 Å². The summed E-state index contributed by atoms with van der Waals surface area (Å²) in [4.78, 5) is 18.9. The first kappa shape index (κ1) is 21.4. The van der Waals surface area contributed by atoms with Gasteiger partial charge in [-0.3, -0.25) is 4.90 Å². The Morgan fingerprint density at radius 1 is 1.17 bits per heavy atom. The molecule has 1 saturated carbocycles. The Labute approximate surface area is 185 Å². The Morgan fingerprint density at radius 3 is 2.60 bits per heavy atom. The van der Waals surface area contributed by atoms with Crippen molar-refractivity contribution in [2.45, 2.75) is 44.6 Å². The first-order valence-electron chi connectivity index (χ1n) is 11.4. The van der Waals surface area contributed by atoms with Gasteiger partial charge in [0, 0.05) is 61.6 Å². The van der Waals surface area contributed by atoms with Crippen molar-refractivity contribution in [1.29, 1.82) is 0 Å². The summed E-state index contributed by atoms with van der Waals surface area (Å²) in [6.07, 6.45) is 5.93. The van der Waals surface area contributed by atoms with Gasteiger partial charge >= 0.3 is 6.03 Å². The average molecular weight is 429 g/mol. The first-order valence-corrected chi connectivity index (χ1v) is 12.2. The minimum Gasteiger partial charge on any atom is -0.368 e. The van der Waals surface area contributed by atoms with Gasteiger partial charge in [0.15, 0.2) is 0 Å². The van der Waals surface area contributed by atoms with Gasteiger partial charge in [-0.05, 0) is 75.1 Å². The standard InChI is InChI=1S/C24H36N4OS/c1-24(25-23(29)26(2)3)11-7-19(8-12-24)9-13-27-14-16-28(17-15-27)21-5-4-6-22-20(21)10-18-30-22/h4-6,10,18-19H,7-9,11-17H2,1-3H3,(H,25,29). The van der Waals surface area contributed by atoms with Crippen molar-refractivity contribution in [3.63, 3.8) is 0 Å². The lowest BCUT2D eigenvalue weighted by Crippen LogP contribution is -2.51. The summed E-state index contributed by atoms with van der Waals surface area (Å²) in [5.74, 6) is 0.798. The van der Waals surface area contributed by atoms with Gasteiger partial charge < -0.3 is 15.1 Å². The maximum Gasteiger partial charge on any atom is 0.317 e. The van der Waals surface area contributed by atoms with Crippen LogP contribution in [0.3, 0.4) is 0 Å². The summed E-state index contributed by atoms with van der Waals surface area (Å²) in [5.41, 5.74) is 1.37. The second kappa shape index (κ2) is 9.15. The third-order valence-electron chi connectivity index (χ3n) is 7.06. The van der Waals surface area contributed by atoms with Crippen LogP contribution in [0.25, 0.3) is 10.1 Å². The van der Waals surface area contributed by atoms with E-state index in [1.165, 1.54) is 41.6 Å². The molecular weight excluding hydrogens is 392 g/mol. The van der Waals surface area contributed by atoms with Crippen LogP contribution in [0.1, 0.15) is 39.0 Å². The lowest BCUT2D eigenvalue weighted by Gasteiger charge is -2.40. The van der Waals surface area contributed by atoms with Crippen molar-refractivity contribution in [3.05, 3.63) is 29.6 Å². The van der Waals surface area contributed by atoms with Crippen LogP contribution in [0, 0.1) is 5.92 Å². The number of fused-ring (bicyclic) bond motifs is 1. The number of hydrogen-bond acceptors (Lipinski definition) is 4. The van der Waals surface area contributed by atoms with Crippen molar-refractivity contribution < 1.29 is 4.79 Å². The van der Waals surface area contributed by atoms with Crippen molar-refractivity contribution in [2.24, 2.45) is 5.92 Å². The summed E-state index contributed by atoms with van der Waals surface area (Å²) in [6.45, 7) is 7.97. The topological polar surface area (TPSA) is 38.8 Å². The molecule has 2 aromatic rings. The molecular formula is C24H36N4OS. The van der Waals surface area contributed by atoms with Gasteiger partial charge in [0.25, 0.3) is 0 Å². The van der Waals surface area contributed by atoms with Gasteiger partial charge in [0.2, 0.25) is 0 Å². The summed E-state index contributed by atoms with van der Waals surface area (Å²) in [5, 5.41) is 6.83. The van der Waals surface area contributed by atoms with E-state index in [1.807, 2.05) is 25.4 Å². The number of carbonyl (C=O) groups excluding carboxylic acids is 1. The predicted octanol–water partition coefficient (Wildman–Crippen LogP) is 4.63. The molecule has 0 unspecified atom stereocenters. The fourth-order valence-electron chi connectivity index (χ4n) is 4.93. The molecule has 2 fully saturated rings. The van der Waals surface area contributed by atoms with Gasteiger partial charge in [-0.25, -0.2) is 4.79 Å². The van der Waals surface area contributed by atoms with Gasteiger partial charge in [0.05, 0.1) is 0 Å². The third kappa shape index (κ3) is 4.92. The number of nitrogens with one attached hydrogen (secondary N) is 1. The highest BCUT2D eigenvalue weighted by Gasteiger charge is 2.33. The van der Waals surface area contributed by atoms with Crippen LogP contribution in [0.15, 0.2) is 29.6 Å². The predicted molar refractivity (Wildman–Crippen MR) is 128 cm³/mol. The lowest BCUT2D eigenvalue weighted by atomic mass is 9.76. The van der Waals surface area contributed by atoms with Crippen molar-refractivity contribution in [3.8, 4) is 0 Å². The van der Waals surface area contributed by atoms with E-state index in [4.69, 9.17) is 0 Å². The Kier molecular flexibility index (Phi) is 6.54. The van der Waals surface area contributed by atoms with E-state index in [9.17, 15) is 4.79 Å². The molecule has 1 aromatic carbocycles. The van der Waals surface area contributed by atoms with Crippen LogP contribution in [0.2, 0.25) is 0 Å². The molecule has 0 atom stereocenters. The van der Waals surface area contributed by atoms with Gasteiger partial charge in [-0.1, -0.05) is 6.07 Å². The molecule has 1 saturated heterocycles. The number of rotatable bonds is 5. The Hall–Kier alpha value is -1.79. The van der Waals surface area contributed by atoms with Crippen molar-refractivity contribution in [2.75, 3.05) is 51.7 Å². The zero-order chi connectivity index (χ0) is 21.1. The second-order valence-corrected chi connectivity index (χ2v) is 10.5. The van der Waals surface area contributed by atoms with Crippen LogP contribution in [0.4, 0.5) is 10.5 Å². The zero-order valence-corrected chi connectivity index (χ0v) is 19.5. The maximum atomic E-state index is 12.0. The quantitative estimate of drug-likeness (QED) is 0.754. The number of urea groups is 1. The normalized spacial score (nSPS) is 25.4. The molecule has 1 aromatic heterocycles. The van der Waals surface area contributed by atoms with E-state index in [0.29, 0.717) is 0 Å². The number of hydrogen-bond donors (Lipinski definition) is 1. The Morgan fingerprint density at radius 2 is 1.90 bits per heavy atom. The number of anilines is 1. The molecule has 2 aliphatic rings. The van der Waals surface area contributed by atoms with Crippen LogP contribution in [0.5, 0.6) is 0 Å². The molecule has 164 valence electrons. The van der Waals surface area contributed by atoms with E-state index < -0.39 is 0 Å². The fourth-order valence-corrected chi connectivity index (χ4v) is 5.74. The first-order chi connectivity index (χ1) is 14.4. The number of amides is 2. The number of piperazine rings is 1. The maximum absolute atomic E-state index is 12.0. The molecule has 4 rings (SSSR count). The fraction of sp³-hybridized carbons (Fsp3) is 0.625. The smallest absolute Gasteiger partial charge is 0.317 e. The van der Waals surface area contributed by atoms with Crippen LogP contribution in [-0.4, -0.2) is 68.2 Å². The summed E-state index contributed by atoms with van der Waals surface area (Å²) in [6, 6.07) is 8.99. The molecule has 0 spiro atoms. The monoisotopic (exact) mass is 428 g/mol. The molecule has 0 radical (unpaired) electrons. The molecule has 2 heterocycles. The Balaban J connectivity index is 1.20. The molecule has 1 aliphatic carbocycles. The molecule has 30 heavy (non-hydrogen) atoms. The number of carbonyl (C=O) groups is 1. The summed E-state index contributed by atoms with van der Waals surface area (Å²) < 4.78 is 1.39. The highest BCUT2D eigenvalue weighted by atomic mass is 32.1. The minimum absolute atomic E-state index is 0.0342. The minimum atomic E-state index is -0.0356. The number of thiophene rings is 1. The van der Waals surface area contributed by atoms with E-state index in [1.54, 1.807) is 4.90 Å². The van der Waals surface area contributed by atoms with E-state index in [2.05, 4.69) is 51.7 Å². The Bertz CT molecular complexity index is 848. The second-order valence-electron chi connectivity index (χ2n) is 9.56. The van der Waals surface area contributed by atoms with Crippen molar-refractivity contribution in [1.82, 2.24) is 15.1 Å². The summed E-state index contributed by atoms with van der Waals surface area (Å²) >= 11 is 1.83. The molecule has 1 N–H and O–H groups in total. The molecule has 0 bridgehead atoms. The van der Waals surface area contributed by atoms with Crippen molar-refractivity contribution >= 4 is 33.1 Å². The zero-order valence-electron chi connectivity index (χ0n) is 18.7. The molecule has 6 heteroatoms. The number of benzene rings is 1. The number of nitrogens with zero attached hydrogens (tertiary/aromatic N) is 3. The third-order valence-corrected chi connectivity index (χ3v) is 7.95. The van der Waals surface area contributed by atoms with E-state index in [-0.39, 0.29) is 11.6 Å². The highest BCUT2D eigenvalue weighted by Crippen LogP contribution is 2.34. The average Bonchev–Trinajstić information content (AvgIpc) is 3.22. The summed E-state index contributed by atoms with van der Waals surface area (Å²) in [7, 11) is 3.62. The van der Waals surface area contributed by atoms with Gasteiger partial charge in [-0.15, -0.1) is 11.3 Å². The van der Waals surface area contributed by atoms with Gasteiger partial charge in [-0.2, -0.15) is 0 Å². The van der Waals surface area contributed by atoms with E-state index >= 15 is 0 Å². The molecule has 1 aliphatic heterocycles.